The lowest BCUT2D eigenvalue weighted by Gasteiger charge is -2.33. The van der Waals surface area contributed by atoms with Gasteiger partial charge in [-0.2, -0.15) is 0 Å². The molecule has 0 saturated carbocycles. The molecule has 1 saturated heterocycles. The van der Waals surface area contributed by atoms with Crippen LogP contribution in [0.25, 0.3) is 0 Å². The van der Waals surface area contributed by atoms with Crippen molar-refractivity contribution in [2.45, 2.75) is 45.3 Å². The zero-order valence-electron chi connectivity index (χ0n) is 11.0. The largest absolute Gasteiger partial charge is 0.365 e. The van der Waals surface area contributed by atoms with E-state index in [-0.39, 0.29) is 5.91 Å². The molecule has 1 N–H and O–H groups in total. The maximum atomic E-state index is 12.5. The van der Waals surface area contributed by atoms with Crippen molar-refractivity contribution in [1.82, 2.24) is 14.9 Å². The number of ether oxygens (including phenoxy) is 1. The van der Waals surface area contributed by atoms with Crippen LogP contribution in [0.1, 0.15) is 37.0 Å². The molecule has 5 nitrogen and oxygen atoms in total. The fourth-order valence-corrected chi connectivity index (χ4v) is 2.89. The SMILES string of the molecule is Cc1nc2c([nH]1)CN(C(=O)[C@]1(C)CCCO1)CC2. The highest BCUT2D eigenvalue weighted by atomic mass is 16.5. The summed E-state index contributed by atoms with van der Waals surface area (Å²) in [4.78, 5) is 22.1. The van der Waals surface area contributed by atoms with Crippen LogP contribution in [0, 0.1) is 6.92 Å². The summed E-state index contributed by atoms with van der Waals surface area (Å²) in [6.45, 7) is 5.94. The van der Waals surface area contributed by atoms with Crippen LogP contribution < -0.4 is 0 Å². The topological polar surface area (TPSA) is 58.2 Å². The Hall–Kier alpha value is -1.36. The van der Waals surface area contributed by atoms with Gasteiger partial charge in [-0.15, -0.1) is 0 Å². The average molecular weight is 249 g/mol. The molecule has 1 fully saturated rings. The molecule has 2 aliphatic heterocycles. The Morgan fingerprint density at radius 2 is 2.39 bits per heavy atom. The first-order valence-electron chi connectivity index (χ1n) is 6.56. The maximum absolute atomic E-state index is 12.5. The predicted octanol–water partition coefficient (Wildman–Crippen LogP) is 1.17. The zero-order chi connectivity index (χ0) is 12.8. The van der Waals surface area contributed by atoms with E-state index in [9.17, 15) is 4.79 Å². The van der Waals surface area contributed by atoms with Crippen LogP contribution in [0.15, 0.2) is 0 Å². The molecule has 2 aliphatic rings. The van der Waals surface area contributed by atoms with Crippen LogP contribution in [0.4, 0.5) is 0 Å². The van der Waals surface area contributed by atoms with Crippen molar-refractivity contribution in [3.8, 4) is 0 Å². The quantitative estimate of drug-likeness (QED) is 0.813. The molecule has 0 aliphatic carbocycles. The highest BCUT2D eigenvalue weighted by Crippen LogP contribution is 2.29. The van der Waals surface area contributed by atoms with E-state index in [0.717, 1.165) is 43.0 Å². The Kier molecular flexibility index (Phi) is 2.66. The number of fused-ring (bicyclic) bond motifs is 1. The van der Waals surface area contributed by atoms with Crippen LogP contribution in [0.2, 0.25) is 0 Å². The van der Waals surface area contributed by atoms with Crippen molar-refractivity contribution in [3.05, 3.63) is 17.2 Å². The summed E-state index contributed by atoms with van der Waals surface area (Å²) in [5, 5.41) is 0. The standard InChI is InChI=1S/C13H19N3O2/c1-9-14-10-4-6-16(8-11(10)15-9)12(17)13(2)5-3-7-18-13/h3-8H2,1-2H3,(H,14,15)/t13-/m0/s1. The average Bonchev–Trinajstić information content (AvgIpc) is 2.93. The van der Waals surface area contributed by atoms with Crippen molar-refractivity contribution < 1.29 is 9.53 Å². The van der Waals surface area contributed by atoms with Gasteiger partial charge in [-0.3, -0.25) is 4.79 Å². The number of hydrogen-bond acceptors (Lipinski definition) is 3. The minimum atomic E-state index is -0.605. The van der Waals surface area contributed by atoms with E-state index in [0.29, 0.717) is 13.2 Å². The molecule has 1 atom stereocenters. The number of nitrogens with one attached hydrogen (secondary N) is 1. The number of carbonyl (C=O) groups excluding carboxylic acids is 1. The van der Waals surface area contributed by atoms with E-state index >= 15 is 0 Å². The van der Waals surface area contributed by atoms with Crippen molar-refractivity contribution in [2.24, 2.45) is 0 Å². The lowest BCUT2D eigenvalue weighted by atomic mass is 9.99. The van der Waals surface area contributed by atoms with Gasteiger partial charge in [0.1, 0.15) is 11.4 Å². The van der Waals surface area contributed by atoms with Crippen LogP contribution in [0.3, 0.4) is 0 Å². The molecule has 1 amide bonds. The van der Waals surface area contributed by atoms with Gasteiger partial charge >= 0.3 is 0 Å². The summed E-state index contributed by atoms with van der Waals surface area (Å²) in [6, 6.07) is 0. The van der Waals surface area contributed by atoms with E-state index in [2.05, 4.69) is 9.97 Å². The van der Waals surface area contributed by atoms with Crippen molar-refractivity contribution >= 4 is 5.91 Å². The monoisotopic (exact) mass is 249 g/mol. The highest BCUT2D eigenvalue weighted by molar-refractivity contribution is 5.85. The number of hydrogen-bond donors (Lipinski definition) is 1. The fraction of sp³-hybridized carbons (Fsp3) is 0.692. The Balaban J connectivity index is 1.77. The Morgan fingerprint density at radius 3 is 3.11 bits per heavy atom. The van der Waals surface area contributed by atoms with E-state index in [1.165, 1.54) is 0 Å². The van der Waals surface area contributed by atoms with Gasteiger partial charge in [-0.05, 0) is 26.7 Å². The summed E-state index contributed by atoms with van der Waals surface area (Å²) in [5.74, 6) is 1.05. The number of aromatic amines is 1. The van der Waals surface area contributed by atoms with Crippen LogP contribution in [-0.2, 0) is 22.5 Å². The lowest BCUT2D eigenvalue weighted by molar-refractivity contribution is -0.152. The normalized spacial score (nSPS) is 27.3. The summed E-state index contributed by atoms with van der Waals surface area (Å²) in [5.41, 5.74) is 1.58. The summed E-state index contributed by atoms with van der Waals surface area (Å²) >= 11 is 0. The first-order valence-corrected chi connectivity index (χ1v) is 6.56. The molecule has 18 heavy (non-hydrogen) atoms. The van der Waals surface area contributed by atoms with E-state index < -0.39 is 5.60 Å². The predicted molar refractivity (Wildman–Crippen MR) is 66.0 cm³/mol. The number of aromatic nitrogens is 2. The molecule has 3 heterocycles. The number of amides is 1. The van der Waals surface area contributed by atoms with Crippen molar-refractivity contribution in [1.29, 1.82) is 0 Å². The van der Waals surface area contributed by atoms with Gasteiger partial charge < -0.3 is 14.6 Å². The van der Waals surface area contributed by atoms with Crippen LogP contribution in [0.5, 0.6) is 0 Å². The zero-order valence-corrected chi connectivity index (χ0v) is 11.0. The van der Waals surface area contributed by atoms with E-state index in [1.54, 1.807) is 0 Å². The number of imidazole rings is 1. The van der Waals surface area contributed by atoms with Gasteiger partial charge in [0.05, 0.1) is 17.9 Å². The molecule has 0 bridgehead atoms. The Bertz CT molecular complexity index is 475. The number of aryl methyl sites for hydroxylation is 1. The van der Waals surface area contributed by atoms with E-state index in [1.807, 2.05) is 18.7 Å². The molecule has 3 rings (SSSR count). The third-order valence-corrected chi connectivity index (χ3v) is 3.91. The molecule has 0 aromatic carbocycles. The Morgan fingerprint density at radius 1 is 1.56 bits per heavy atom. The second kappa shape index (κ2) is 4.09. The first kappa shape index (κ1) is 11.7. The molecular weight excluding hydrogens is 230 g/mol. The molecule has 1 aromatic heterocycles. The molecule has 0 radical (unpaired) electrons. The smallest absolute Gasteiger partial charge is 0.254 e. The lowest BCUT2D eigenvalue weighted by Crippen LogP contribution is -2.48. The van der Waals surface area contributed by atoms with Crippen molar-refractivity contribution in [3.63, 3.8) is 0 Å². The molecule has 0 unspecified atom stereocenters. The van der Waals surface area contributed by atoms with Crippen molar-refractivity contribution in [2.75, 3.05) is 13.2 Å². The molecular formula is C13H19N3O2. The highest BCUT2D eigenvalue weighted by Gasteiger charge is 2.41. The van der Waals surface area contributed by atoms with Gasteiger partial charge in [-0.1, -0.05) is 0 Å². The number of nitrogens with zero attached hydrogens (tertiary/aromatic N) is 2. The van der Waals surface area contributed by atoms with Gasteiger partial charge in [-0.25, -0.2) is 4.98 Å². The summed E-state index contributed by atoms with van der Waals surface area (Å²) in [7, 11) is 0. The first-order chi connectivity index (χ1) is 8.58. The number of carbonyl (C=O) groups is 1. The second-order valence-electron chi connectivity index (χ2n) is 5.41. The minimum Gasteiger partial charge on any atom is -0.365 e. The third-order valence-electron chi connectivity index (χ3n) is 3.91. The third kappa shape index (κ3) is 1.82. The van der Waals surface area contributed by atoms with E-state index in [4.69, 9.17) is 4.74 Å². The second-order valence-corrected chi connectivity index (χ2v) is 5.41. The number of H-pyrrole nitrogens is 1. The summed E-state index contributed by atoms with van der Waals surface area (Å²) in [6.07, 6.45) is 2.64. The minimum absolute atomic E-state index is 0.123. The van der Waals surface area contributed by atoms with Gasteiger partial charge in [0.15, 0.2) is 0 Å². The number of rotatable bonds is 1. The van der Waals surface area contributed by atoms with Crippen LogP contribution >= 0.6 is 0 Å². The van der Waals surface area contributed by atoms with Gasteiger partial charge in [0, 0.05) is 19.6 Å². The van der Waals surface area contributed by atoms with Crippen LogP contribution in [-0.4, -0.2) is 39.5 Å². The fourth-order valence-electron chi connectivity index (χ4n) is 2.89. The molecule has 98 valence electrons. The molecule has 1 aromatic rings. The van der Waals surface area contributed by atoms with Gasteiger partial charge in [0.2, 0.25) is 0 Å². The maximum Gasteiger partial charge on any atom is 0.254 e. The Labute approximate surface area is 107 Å². The molecule has 5 heteroatoms. The van der Waals surface area contributed by atoms with Gasteiger partial charge in [0.25, 0.3) is 5.91 Å². The summed E-state index contributed by atoms with van der Waals surface area (Å²) < 4.78 is 5.63. The molecule has 0 spiro atoms.